The van der Waals surface area contributed by atoms with Crippen molar-refractivity contribution in [1.29, 1.82) is 0 Å². The SMILES string of the molecule is Cc1ccc(S(=O)(=O)NCCN(C)C(C)C)c(N)c1. The lowest BCUT2D eigenvalue weighted by molar-refractivity contribution is 0.278. The van der Waals surface area contributed by atoms with Gasteiger partial charge in [0.1, 0.15) is 4.90 Å². The molecule has 0 aliphatic heterocycles. The molecule has 1 rings (SSSR count). The summed E-state index contributed by atoms with van der Waals surface area (Å²) < 4.78 is 26.8. The highest BCUT2D eigenvalue weighted by Gasteiger charge is 2.17. The van der Waals surface area contributed by atoms with Gasteiger partial charge in [-0.2, -0.15) is 0 Å². The van der Waals surface area contributed by atoms with E-state index in [0.717, 1.165) is 5.56 Å². The Labute approximate surface area is 115 Å². The molecule has 0 radical (unpaired) electrons. The fourth-order valence-electron chi connectivity index (χ4n) is 1.60. The van der Waals surface area contributed by atoms with Crippen LogP contribution in [0.1, 0.15) is 19.4 Å². The van der Waals surface area contributed by atoms with Gasteiger partial charge < -0.3 is 10.6 Å². The monoisotopic (exact) mass is 285 g/mol. The van der Waals surface area contributed by atoms with Crippen LogP contribution in [0.2, 0.25) is 0 Å². The molecule has 0 unspecified atom stereocenters. The van der Waals surface area contributed by atoms with E-state index in [1.165, 1.54) is 0 Å². The average molecular weight is 285 g/mol. The minimum absolute atomic E-state index is 0.144. The molecule has 0 amide bonds. The van der Waals surface area contributed by atoms with Crippen molar-refractivity contribution in [3.8, 4) is 0 Å². The van der Waals surface area contributed by atoms with E-state index in [0.29, 0.717) is 19.1 Å². The third kappa shape index (κ3) is 4.49. The van der Waals surface area contributed by atoms with Gasteiger partial charge in [-0.05, 0) is 45.5 Å². The van der Waals surface area contributed by atoms with E-state index < -0.39 is 10.0 Å². The summed E-state index contributed by atoms with van der Waals surface area (Å²) in [5, 5.41) is 0. The van der Waals surface area contributed by atoms with E-state index >= 15 is 0 Å². The van der Waals surface area contributed by atoms with Crippen molar-refractivity contribution < 1.29 is 8.42 Å². The highest BCUT2D eigenvalue weighted by atomic mass is 32.2. The molecule has 19 heavy (non-hydrogen) atoms. The van der Waals surface area contributed by atoms with Crippen LogP contribution in [0.3, 0.4) is 0 Å². The Hall–Kier alpha value is -1.11. The molecule has 0 heterocycles. The maximum atomic E-state index is 12.1. The summed E-state index contributed by atoms with van der Waals surface area (Å²) in [6, 6.07) is 5.33. The van der Waals surface area contributed by atoms with E-state index in [1.807, 2.05) is 14.0 Å². The van der Waals surface area contributed by atoms with Crippen molar-refractivity contribution in [2.75, 3.05) is 25.9 Å². The molecule has 1 aromatic rings. The van der Waals surface area contributed by atoms with Gasteiger partial charge in [0.15, 0.2) is 0 Å². The molecule has 0 fully saturated rings. The number of nitrogen functional groups attached to an aromatic ring is 1. The van der Waals surface area contributed by atoms with Gasteiger partial charge in [-0.15, -0.1) is 0 Å². The van der Waals surface area contributed by atoms with Gasteiger partial charge in [-0.1, -0.05) is 6.07 Å². The summed E-state index contributed by atoms with van der Waals surface area (Å²) in [5.41, 5.74) is 6.98. The molecule has 5 nitrogen and oxygen atoms in total. The van der Waals surface area contributed by atoms with Crippen LogP contribution in [-0.4, -0.2) is 39.5 Å². The van der Waals surface area contributed by atoms with Crippen molar-refractivity contribution >= 4 is 15.7 Å². The first kappa shape index (κ1) is 15.9. The first-order valence-corrected chi connectivity index (χ1v) is 7.78. The van der Waals surface area contributed by atoms with Crippen molar-refractivity contribution in [3.05, 3.63) is 23.8 Å². The molecule has 0 saturated carbocycles. The maximum absolute atomic E-state index is 12.1. The van der Waals surface area contributed by atoms with Crippen LogP contribution in [0.15, 0.2) is 23.1 Å². The van der Waals surface area contributed by atoms with Crippen LogP contribution in [0.25, 0.3) is 0 Å². The molecule has 0 aliphatic carbocycles. The van der Waals surface area contributed by atoms with Crippen LogP contribution in [0.4, 0.5) is 5.69 Å². The lowest BCUT2D eigenvalue weighted by Gasteiger charge is -2.21. The smallest absolute Gasteiger partial charge is 0.242 e. The standard InChI is InChI=1S/C13H23N3O2S/c1-10(2)16(4)8-7-15-19(17,18)13-6-5-11(3)9-12(13)14/h5-6,9-10,15H,7-8,14H2,1-4H3. The Balaban J connectivity index is 2.71. The second kappa shape index (κ2) is 6.36. The summed E-state index contributed by atoms with van der Waals surface area (Å²) >= 11 is 0. The minimum Gasteiger partial charge on any atom is -0.398 e. The van der Waals surface area contributed by atoms with Crippen molar-refractivity contribution in [1.82, 2.24) is 9.62 Å². The highest BCUT2D eigenvalue weighted by Crippen LogP contribution is 2.18. The molecule has 108 valence electrons. The topological polar surface area (TPSA) is 75.4 Å². The Morgan fingerprint density at radius 1 is 1.37 bits per heavy atom. The molecule has 1 aromatic carbocycles. The quantitative estimate of drug-likeness (QED) is 0.770. The van der Waals surface area contributed by atoms with Gasteiger partial charge in [-0.25, -0.2) is 13.1 Å². The zero-order chi connectivity index (χ0) is 14.6. The summed E-state index contributed by atoms with van der Waals surface area (Å²) in [5.74, 6) is 0. The Morgan fingerprint density at radius 3 is 2.53 bits per heavy atom. The van der Waals surface area contributed by atoms with Crippen molar-refractivity contribution in [2.24, 2.45) is 0 Å². The second-order valence-electron chi connectivity index (χ2n) is 5.01. The second-order valence-corrected chi connectivity index (χ2v) is 6.75. The van der Waals surface area contributed by atoms with Gasteiger partial charge >= 0.3 is 0 Å². The van der Waals surface area contributed by atoms with Gasteiger partial charge in [-0.3, -0.25) is 0 Å². The highest BCUT2D eigenvalue weighted by molar-refractivity contribution is 7.89. The largest absolute Gasteiger partial charge is 0.398 e. The molecule has 0 atom stereocenters. The number of nitrogens with zero attached hydrogens (tertiary/aromatic N) is 1. The number of anilines is 1. The third-order valence-electron chi connectivity index (χ3n) is 3.09. The zero-order valence-electron chi connectivity index (χ0n) is 12.0. The number of aryl methyl sites for hydroxylation is 1. The summed E-state index contributed by atoms with van der Waals surface area (Å²) in [6.07, 6.45) is 0. The van der Waals surface area contributed by atoms with Crippen LogP contribution >= 0.6 is 0 Å². The maximum Gasteiger partial charge on any atom is 0.242 e. The van der Waals surface area contributed by atoms with Gasteiger partial charge in [0.05, 0.1) is 5.69 Å². The Bertz CT molecular complexity index is 527. The van der Waals surface area contributed by atoms with E-state index in [1.54, 1.807) is 18.2 Å². The van der Waals surface area contributed by atoms with Gasteiger partial charge in [0, 0.05) is 19.1 Å². The molecule has 0 aromatic heterocycles. The average Bonchev–Trinajstić information content (AvgIpc) is 2.27. The molecule has 3 N–H and O–H groups in total. The first-order chi connectivity index (χ1) is 8.74. The summed E-state index contributed by atoms with van der Waals surface area (Å²) in [7, 11) is -1.57. The van der Waals surface area contributed by atoms with Crippen LogP contribution in [-0.2, 0) is 10.0 Å². The normalized spacial score (nSPS) is 12.3. The fraction of sp³-hybridized carbons (Fsp3) is 0.538. The van der Waals surface area contributed by atoms with Crippen LogP contribution in [0, 0.1) is 6.92 Å². The molecular formula is C13H23N3O2S. The number of hydrogen-bond acceptors (Lipinski definition) is 4. The van der Waals surface area contributed by atoms with E-state index in [-0.39, 0.29) is 10.6 Å². The number of likely N-dealkylation sites (N-methyl/N-ethyl adjacent to an activating group) is 1. The van der Waals surface area contributed by atoms with Crippen LogP contribution in [0.5, 0.6) is 0 Å². The molecule has 6 heteroatoms. The Morgan fingerprint density at radius 2 is 2.00 bits per heavy atom. The number of benzene rings is 1. The molecule has 0 aliphatic rings. The number of hydrogen-bond donors (Lipinski definition) is 2. The summed E-state index contributed by atoms with van der Waals surface area (Å²) in [6.45, 7) is 7.02. The van der Waals surface area contributed by atoms with E-state index in [2.05, 4.69) is 23.5 Å². The predicted molar refractivity (Wildman–Crippen MR) is 78.5 cm³/mol. The molecule has 0 bridgehead atoms. The number of rotatable bonds is 6. The first-order valence-electron chi connectivity index (χ1n) is 6.30. The number of nitrogens with two attached hydrogens (primary N) is 1. The van der Waals surface area contributed by atoms with Crippen molar-refractivity contribution in [3.63, 3.8) is 0 Å². The number of sulfonamides is 1. The number of nitrogens with one attached hydrogen (secondary N) is 1. The van der Waals surface area contributed by atoms with Crippen molar-refractivity contribution in [2.45, 2.75) is 31.7 Å². The molecule has 0 spiro atoms. The van der Waals surface area contributed by atoms with E-state index in [4.69, 9.17) is 5.73 Å². The zero-order valence-corrected chi connectivity index (χ0v) is 12.8. The van der Waals surface area contributed by atoms with Crippen LogP contribution < -0.4 is 10.5 Å². The Kier molecular flexibility index (Phi) is 5.34. The summed E-state index contributed by atoms with van der Waals surface area (Å²) in [4.78, 5) is 2.21. The molecule has 0 saturated heterocycles. The predicted octanol–water partition coefficient (Wildman–Crippen LogP) is 1.20. The fourth-order valence-corrected chi connectivity index (χ4v) is 2.74. The minimum atomic E-state index is -3.53. The van der Waals surface area contributed by atoms with E-state index in [9.17, 15) is 8.42 Å². The third-order valence-corrected chi connectivity index (χ3v) is 4.63. The lowest BCUT2D eigenvalue weighted by Crippen LogP contribution is -2.36. The lowest BCUT2D eigenvalue weighted by atomic mass is 10.2. The van der Waals surface area contributed by atoms with Gasteiger partial charge in [0.25, 0.3) is 0 Å². The van der Waals surface area contributed by atoms with Gasteiger partial charge in [0.2, 0.25) is 10.0 Å². The molecular weight excluding hydrogens is 262 g/mol.